The third-order valence-electron chi connectivity index (χ3n) is 1.67. The molecule has 0 amide bonds. The van der Waals surface area contributed by atoms with E-state index in [4.69, 9.17) is 11.6 Å². The van der Waals surface area contributed by atoms with Crippen LogP contribution in [0.25, 0.3) is 0 Å². The molecule has 0 saturated carbocycles. The second-order valence-corrected chi connectivity index (χ2v) is 14.9. The number of rotatable bonds is 4. The van der Waals surface area contributed by atoms with Crippen LogP contribution in [0.15, 0.2) is 11.0 Å². The molecule has 2 heteroatoms. The zero-order chi connectivity index (χ0) is 8.20. The molecule has 0 aromatic heterocycles. The molecule has 60 valence electrons. The van der Waals surface area contributed by atoms with Crippen LogP contribution in [0.2, 0.25) is 17.3 Å². The fourth-order valence-corrected chi connectivity index (χ4v) is 2.73. The van der Waals surface area contributed by atoms with Crippen LogP contribution < -0.4 is 0 Å². The second-order valence-electron chi connectivity index (χ2n) is 3.65. The average Bonchev–Trinajstić information content (AvgIpc) is 1.80. The summed E-state index contributed by atoms with van der Waals surface area (Å²) in [5.74, 6) is 7.89. The fourth-order valence-electron chi connectivity index (χ4n) is 0.655. The predicted octanol–water partition coefficient (Wildman–Crippen LogP) is 3.44. The Morgan fingerprint density at radius 1 is 1.40 bits per heavy atom. The Balaban J connectivity index is 3.64. The SMILES string of the molecule is C=[C](CCCCl)[Ge]([CH3])([CH3])[CH3]. The van der Waals surface area contributed by atoms with Gasteiger partial charge in [0.2, 0.25) is 0 Å². The monoisotopic (exact) mass is 222 g/mol. The van der Waals surface area contributed by atoms with Crippen LogP contribution in [0.1, 0.15) is 12.8 Å². The molecule has 0 aromatic carbocycles. The molecule has 0 nitrogen and oxygen atoms in total. The molecule has 0 radical (unpaired) electrons. The molecule has 0 atom stereocenters. The van der Waals surface area contributed by atoms with Gasteiger partial charge in [-0.05, 0) is 0 Å². The molecule has 0 spiro atoms. The molecule has 0 aliphatic heterocycles. The first-order chi connectivity index (χ1) is 4.48. The number of halogens is 1. The van der Waals surface area contributed by atoms with Crippen LogP contribution in [-0.2, 0) is 0 Å². The molecule has 0 aliphatic rings. The molecule has 0 bridgehead atoms. The first kappa shape index (κ1) is 10.6. The summed E-state index contributed by atoms with van der Waals surface area (Å²) in [4.78, 5) is 0. The standard InChI is InChI=1S/C8H17ClGe/c1-8(6-5-7-9)10(2,3)4/h1,5-7H2,2-4H3. The third kappa shape index (κ3) is 4.40. The van der Waals surface area contributed by atoms with Gasteiger partial charge in [0.25, 0.3) is 0 Å². The van der Waals surface area contributed by atoms with Gasteiger partial charge in [-0.1, -0.05) is 0 Å². The molecule has 0 fully saturated rings. The molecule has 0 unspecified atom stereocenters. The predicted molar refractivity (Wildman–Crippen MR) is 52.4 cm³/mol. The third-order valence-corrected chi connectivity index (χ3v) is 6.92. The van der Waals surface area contributed by atoms with E-state index < -0.39 is 13.3 Å². The van der Waals surface area contributed by atoms with E-state index in [0.29, 0.717) is 0 Å². The Morgan fingerprint density at radius 3 is 2.20 bits per heavy atom. The van der Waals surface area contributed by atoms with Crippen molar-refractivity contribution in [1.82, 2.24) is 0 Å². The van der Waals surface area contributed by atoms with Gasteiger partial charge in [-0.3, -0.25) is 0 Å². The van der Waals surface area contributed by atoms with Crippen LogP contribution in [0.3, 0.4) is 0 Å². The van der Waals surface area contributed by atoms with E-state index >= 15 is 0 Å². The molecule has 0 saturated heterocycles. The van der Waals surface area contributed by atoms with Gasteiger partial charge in [0.1, 0.15) is 0 Å². The topological polar surface area (TPSA) is 0 Å². The van der Waals surface area contributed by atoms with Crippen molar-refractivity contribution in [1.29, 1.82) is 0 Å². The normalized spacial score (nSPS) is 11.6. The molecule has 0 aliphatic carbocycles. The fraction of sp³-hybridized carbons (Fsp3) is 0.750. The van der Waals surface area contributed by atoms with E-state index in [1.54, 1.807) is 0 Å². The van der Waals surface area contributed by atoms with Gasteiger partial charge in [-0.2, -0.15) is 0 Å². The summed E-state index contributed by atoms with van der Waals surface area (Å²) < 4.78 is 1.49. The molecule has 0 N–H and O–H groups in total. The maximum atomic E-state index is 5.58. The van der Waals surface area contributed by atoms with Crippen LogP contribution in [0.5, 0.6) is 0 Å². The van der Waals surface area contributed by atoms with Crippen LogP contribution in [-0.4, -0.2) is 19.1 Å². The summed E-state index contributed by atoms with van der Waals surface area (Å²) in [6, 6.07) is 0. The maximum absolute atomic E-state index is 5.58. The van der Waals surface area contributed by atoms with Crippen LogP contribution >= 0.6 is 11.6 Å². The van der Waals surface area contributed by atoms with Crippen LogP contribution in [0.4, 0.5) is 0 Å². The minimum atomic E-state index is -1.51. The first-order valence-electron chi connectivity index (χ1n) is 3.72. The van der Waals surface area contributed by atoms with E-state index in [-0.39, 0.29) is 0 Å². The summed E-state index contributed by atoms with van der Waals surface area (Å²) in [5, 5.41) is 0. The van der Waals surface area contributed by atoms with Crippen molar-refractivity contribution in [2.45, 2.75) is 30.1 Å². The average molecular weight is 221 g/mol. The van der Waals surface area contributed by atoms with Gasteiger partial charge < -0.3 is 0 Å². The number of hydrogen-bond donors (Lipinski definition) is 0. The van der Waals surface area contributed by atoms with Gasteiger partial charge in [0.05, 0.1) is 0 Å². The van der Waals surface area contributed by atoms with Crippen molar-refractivity contribution in [3.63, 3.8) is 0 Å². The van der Waals surface area contributed by atoms with E-state index in [9.17, 15) is 0 Å². The zero-order valence-electron chi connectivity index (χ0n) is 7.21. The Hall–Kier alpha value is 0.573. The van der Waals surface area contributed by atoms with E-state index in [2.05, 4.69) is 23.8 Å². The van der Waals surface area contributed by atoms with Gasteiger partial charge >= 0.3 is 71.8 Å². The van der Waals surface area contributed by atoms with Gasteiger partial charge in [-0.15, -0.1) is 0 Å². The van der Waals surface area contributed by atoms with Crippen molar-refractivity contribution < 1.29 is 0 Å². The molecule has 0 rings (SSSR count). The summed E-state index contributed by atoms with van der Waals surface area (Å²) in [7, 11) is 0. The van der Waals surface area contributed by atoms with E-state index in [0.717, 1.165) is 18.7 Å². The van der Waals surface area contributed by atoms with Crippen molar-refractivity contribution in [3.05, 3.63) is 11.0 Å². The number of allylic oxidation sites excluding steroid dienone is 1. The van der Waals surface area contributed by atoms with E-state index in [1.165, 1.54) is 4.41 Å². The summed E-state index contributed by atoms with van der Waals surface area (Å²) >= 11 is 4.07. The Bertz CT molecular complexity index is 113. The summed E-state index contributed by atoms with van der Waals surface area (Å²) in [6.07, 6.45) is 2.25. The van der Waals surface area contributed by atoms with Crippen molar-refractivity contribution in [3.8, 4) is 0 Å². The molecule has 0 aromatic rings. The van der Waals surface area contributed by atoms with Crippen molar-refractivity contribution in [2.75, 3.05) is 5.88 Å². The number of alkyl halides is 1. The Morgan fingerprint density at radius 2 is 1.90 bits per heavy atom. The van der Waals surface area contributed by atoms with Crippen molar-refractivity contribution in [2.24, 2.45) is 0 Å². The molecule has 10 heavy (non-hydrogen) atoms. The number of hydrogen-bond acceptors (Lipinski definition) is 0. The Labute approximate surface area is 72.0 Å². The molecular weight excluding hydrogens is 204 g/mol. The van der Waals surface area contributed by atoms with Gasteiger partial charge in [-0.25, -0.2) is 0 Å². The van der Waals surface area contributed by atoms with E-state index in [1.807, 2.05) is 0 Å². The first-order valence-corrected chi connectivity index (χ1v) is 11.6. The second kappa shape index (κ2) is 4.45. The Kier molecular flexibility index (Phi) is 4.71. The summed E-state index contributed by atoms with van der Waals surface area (Å²) in [5.41, 5.74) is 0. The minimum absolute atomic E-state index is 0.775. The summed E-state index contributed by atoms with van der Waals surface area (Å²) in [6.45, 7) is 4.09. The van der Waals surface area contributed by atoms with Crippen molar-refractivity contribution >= 4 is 24.9 Å². The quantitative estimate of drug-likeness (QED) is 0.504. The molecular formula is C8H17ClGe. The van der Waals surface area contributed by atoms with Gasteiger partial charge in [0.15, 0.2) is 0 Å². The van der Waals surface area contributed by atoms with Gasteiger partial charge in [0, 0.05) is 0 Å². The molecule has 0 heterocycles. The zero-order valence-corrected chi connectivity index (χ0v) is 10.1. The van der Waals surface area contributed by atoms with Crippen LogP contribution in [0, 0.1) is 0 Å².